The highest BCUT2D eigenvalue weighted by molar-refractivity contribution is 5.76. The summed E-state index contributed by atoms with van der Waals surface area (Å²) in [5.74, 6) is -0.225. The molecule has 2 N–H and O–H groups in total. The molecule has 0 saturated heterocycles. The minimum absolute atomic E-state index is 0.0717. The van der Waals surface area contributed by atoms with Crippen molar-refractivity contribution in [1.29, 1.82) is 5.41 Å². The first kappa shape index (κ1) is 14.2. The second kappa shape index (κ2) is 8.25. The van der Waals surface area contributed by atoms with Crippen LogP contribution in [0.25, 0.3) is 0 Å². The molecular formula is C13H18N2O3. The highest BCUT2D eigenvalue weighted by atomic mass is 16.5. The molecule has 0 aliphatic rings. The van der Waals surface area contributed by atoms with Crippen LogP contribution in [0.3, 0.4) is 0 Å². The van der Waals surface area contributed by atoms with E-state index in [1.54, 1.807) is 0 Å². The van der Waals surface area contributed by atoms with E-state index < -0.39 is 0 Å². The van der Waals surface area contributed by atoms with E-state index in [1.165, 1.54) is 0 Å². The third kappa shape index (κ3) is 6.00. The zero-order chi connectivity index (χ0) is 13.2. The molecule has 18 heavy (non-hydrogen) atoms. The van der Waals surface area contributed by atoms with Crippen molar-refractivity contribution < 1.29 is 14.3 Å². The summed E-state index contributed by atoms with van der Waals surface area (Å²) in [6.07, 6.45) is 0. The van der Waals surface area contributed by atoms with Crippen LogP contribution in [0.5, 0.6) is 0 Å². The zero-order valence-electron chi connectivity index (χ0n) is 10.4. The van der Waals surface area contributed by atoms with Gasteiger partial charge in [0, 0.05) is 0 Å². The van der Waals surface area contributed by atoms with E-state index in [0.717, 1.165) is 5.56 Å². The number of carbonyl (C=O) groups is 1. The second-order valence-corrected chi connectivity index (χ2v) is 3.61. The quantitative estimate of drug-likeness (QED) is 0.435. The number of carbonyl (C=O) groups excluding carboxylic acids is 1. The first-order chi connectivity index (χ1) is 8.72. The predicted molar refractivity (Wildman–Crippen MR) is 68.5 cm³/mol. The lowest BCUT2D eigenvalue weighted by molar-refractivity contribution is -0.143. The molecule has 5 nitrogen and oxygen atoms in total. The molecule has 0 unspecified atom stereocenters. The van der Waals surface area contributed by atoms with E-state index in [0.29, 0.717) is 6.61 Å². The van der Waals surface area contributed by atoms with Crippen LogP contribution in [0.1, 0.15) is 12.5 Å². The van der Waals surface area contributed by atoms with E-state index >= 15 is 0 Å². The summed E-state index contributed by atoms with van der Waals surface area (Å²) in [7, 11) is 0. The molecular weight excluding hydrogens is 232 g/mol. The van der Waals surface area contributed by atoms with E-state index in [9.17, 15) is 4.79 Å². The van der Waals surface area contributed by atoms with Gasteiger partial charge in [-0.1, -0.05) is 30.3 Å². The molecule has 1 aromatic carbocycles. The maximum atomic E-state index is 11.4. The summed E-state index contributed by atoms with van der Waals surface area (Å²) in [5.41, 5.74) is 0.952. The fourth-order valence-corrected chi connectivity index (χ4v) is 1.29. The molecule has 1 rings (SSSR count). The average Bonchev–Trinajstić information content (AvgIpc) is 2.38. The predicted octanol–water partition coefficient (Wildman–Crippen LogP) is 1.33. The van der Waals surface area contributed by atoms with Crippen molar-refractivity contribution in [3.63, 3.8) is 0 Å². The lowest BCUT2D eigenvalue weighted by atomic mass is 10.2. The van der Waals surface area contributed by atoms with Gasteiger partial charge in [-0.15, -0.1) is 0 Å². The maximum Gasteiger partial charge on any atom is 0.320 e. The fraction of sp³-hybridized carbons (Fsp3) is 0.385. The highest BCUT2D eigenvalue weighted by Crippen LogP contribution is 2.00. The molecule has 0 radical (unpaired) electrons. The first-order valence-electron chi connectivity index (χ1n) is 5.83. The summed E-state index contributed by atoms with van der Waals surface area (Å²) in [6.45, 7) is 2.84. The van der Waals surface area contributed by atoms with Crippen LogP contribution in [-0.4, -0.2) is 31.6 Å². The van der Waals surface area contributed by atoms with Gasteiger partial charge in [0.15, 0.2) is 5.90 Å². The normalized spacial score (nSPS) is 9.83. The van der Waals surface area contributed by atoms with Crippen molar-refractivity contribution in [1.82, 2.24) is 5.32 Å². The third-order valence-electron chi connectivity index (χ3n) is 2.12. The molecule has 5 heteroatoms. The first-order valence-corrected chi connectivity index (χ1v) is 5.83. The Bertz CT molecular complexity index is 379. The van der Waals surface area contributed by atoms with Gasteiger partial charge in [0.1, 0.15) is 6.61 Å². The topological polar surface area (TPSA) is 71.4 Å². The van der Waals surface area contributed by atoms with Crippen molar-refractivity contribution >= 4 is 11.9 Å². The Balaban J connectivity index is 2.13. The van der Waals surface area contributed by atoms with Crippen LogP contribution >= 0.6 is 0 Å². The van der Waals surface area contributed by atoms with Crippen LogP contribution in [0.15, 0.2) is 30.3 Å². The van der Waals surface area contributed by atoms with Crippen molar-refractivity contribution in [2.24, 2.45) is 0 Å². The lowest BCUT2D eigenvalue weighted by Crippen LogP contribution is -2.30. The van der Waals surface area contributed by atoms with Crippen LogP contribution in [0.4, 0.5) is 0 Å². The second-order valence-electron chi connectivity index (χ2n) is 3.61. The largest absolute Gasteiger partial charge is 0.481 e. The van der Waals surface area contributed by atoms with Crippen LogP contribution in [0, 0.1) is 5.41 Å². The maximum absolute atomic E-state index is 11.4. The zero-order valence-corrected chi connectivity index (χ0v) is 10.4. The van der Waals surface area contributed by atoms with Gasteiger partial charge in [0.25, 0.3) is 0 Å². The molecule has 0 aliphatic carbocycles. The summed E-state index contributed by atoms with van der Waals surface area (Å²) < 4.78 is 9.98. The molecule has 0 bridgehead atoms. The minimum atomic E-state index is -0.344. The molecule has 0 spiro atoms. The Hall–Kier alpha value is -1.88. The number of benzene rings is 1. The van der Waals surface area contributed by atoms with Crippen molar-refractivity contribution in [3.05, 3.63) is 35.9 Å². The summed E-state index contributed by atoms with van der Waals surface area (Å²) in [5, 5.41) is 10.1. The number of hydrogen-bond acceptors (Lipinski definition) is 5. The van der Waals surface area contributed by atoms with E-state index in [1.807, 2.05) is 37.3 Å². The van der Waals surface area contributed by atoms with Crippen LogP contribution < -0.4 is 5.32 Å². The average molecular weight is 250 g/mol. The number of esters is 1. The Morgan fingerprint density at radius 1 is 1.22 bits per heavy atom. The molecule has 0 saturated carbocycles. The SMILES string of the molecule is CCOC(=N)CNCC(=O)OCc1ccccc1. The summed E-state index contributed by atoms with van der Waals surface area (Å²) in [4.78, 5) is 11.4. The number of hydrogen-bond donors (Lipinski definition) is 2. The van der Waals surface area contributed by atoms with Gasteiger partial charge in [0.05, 0.1) is 19.7 Å². The Morgan fingerprint density at radius 3 is 2.61 bits per heavy atom. The molecule has 1 aromatic rings. The smallest absolute Gasteiger partial charge is 0.320 e. The van der Waals surface area contributed by atoms with Crippen molar-refractivity contribution in [2.45, 2.75) is 13.5 Å². The Labute approximate surface area is 107 Å². The molecule has 0 aliphatic heterocycles. The molecule has 0 fully saturated rings. The highest BCUT2D eigenvalue weighted by Gasteiger charge is 2.04. The van der Waals surface area contributed by atoms with E-state index in [2.05, 4.69) is 5.32 Å². The Kier molecular flexibility index (Phi) is 6.50. The van der Waals surface area contributed by atoms with Gasteiger partial charge < -0.3 is 9.47 Å². The minimum Gasteiger partial charge on any atom is -0.481 e. The standard InChI is InChI=1S/C13H18N2O3/c1-2-17-12(14)8-15-9-13(16)18-10-11-6-4-3-5-7-11/h3-7,14-15H,2,8-10H2,1H3. The lowest BCUT2D eigenvalue weighted by Gasteiger charge is -2.07. The monoisotopic (exact) mass is 250 g/mol. The van der Waals surface area contributed by atoms with Crippen molar-refractivity contribution in [3.8, 4) is 0 Å². The van der Waals surface area contributed by atoms with Gasteiger partial charge >= 0.3 is 5.97 Å². The number of ether oxygens (including phenoxy) is 2. The number of nitrogens with one attached hydrogen (secondary N) is 2. The van der Waals surface area contributed by atoms with Crippen LogP contribution in [-0.2, 0) is 20.9 Å². The van der Waals surface area contributed by atoms with Crippen molar-refractivity contribution in [2.75, 3.05) is 19.7 Å². The van der Waals surface area contributed by atoms with E-state index in [4.69, 9.17) is 14.9 Å². The van der Waals surface area contributed by atoms with E-state index in [-0.39, 0.29) is 31.6 Å². The van der Waals surface area contributed by atoms with Gasteiger partial charge in [-0.05, 0) is 12.5 Å². The molecule has 0 amide bonds. The van der Waals surface area contributed by atoms with Gasteiger partial charge in [0.2, 0.25) is 0 Å². The van der Waals surface area contributed by atoms with Gasteiger partial charge in [-0.25, -0.2) is 0 Å². The van der Waals surface area contributed by atoms with Crippen LogP contribution in [0.2, 0.25) is 0 Å². The summed E-state index contributed by atoms with van der Waals surface area (Å²) >= 11 is 0. The van der Waals surface area contributed by atoms with Gasteiger partial charge in [-0.3, -0.25) is 15.5 Å². The molecule has 0 aromatic heterocycles. The number of rotatable bonds is 7. The molecule has 0 atom stereocenters. The Morgan fingerprint density at radius 2 is 1.94 bits per heavy atom. The van der Waals surface area contributed by atoms with Gasteiger partial charge in [-0.2, -0.15) is 0 Å². The fourth-order valence-electron chi connectivity index (χ4n) is 1.29. The third-order valence-corrected chi connectivity index (χ3v) is 2.12. The molecule has 98 valence electrons. The molecule has 0 heterocycles. The summed E-state index contributed by atoms with van der Waals surface area (Å²) in [6, 6.07) is 9.48.